The topological polar surface area (TPSA) is 32.3 Å². The molecule has 1 aliphatic carbocycles. The Balaban J connectivity index is 1.80. The molecule has 0 spiro atoms. The number of nitrogens with zero attached hydrogens (tertiary/aromatic N) is 1. The molecule has 1 aromatic rings. The van der Waals surface area contributed by atoms with E-state index in [1.807, 2.05) is 4.90 Å². The van der Waals surface area contributed by atoms with E-state index in [0.29, 0.717) is 6.04 Å². The SMILES string of the molecule is C[C@H]1C[C@@H](C(=O)N(Cc2cc(F)ccc2F)C2CCCC2)CCN1. The summed E-state index contributed by atoms with van der Waals surface area (Å²) in [4.78, 5) is 14.9. The number of carbonyl (C=O) groups excluding carboxylic acids is 1. The quantitative estimate of drug-likeness (QED) is 0.911. The summed E-state index contributed by atoms with van der Waals surface area (Å²) >= 11 is 0. The van der Waals surface area contributed by atoms with E-state index >= 15 is 0 Å². The van der Waals surface area contributed by atoms with Crippen molar-refractivity contribution in [2.24, 2.45) is 5.92 Å². The standard InChI is InChI=1S/C19H26F2N2O/c1-13-10-14(8-9-22-13)19(24)23(17-4-2-3-5-17)12-15-11-16(20)6-7-18(15)21/h6-7,11,13-14,17,22H,2-5,8-10,12H2,1H3/t13-,14-/m0/s1. The van der Waals surface area contributed by atoms with Crippen LogP contribution in [0.5, 0.6) is 0 Å². The van der Waals surface area contributed by atoms with E-state index in [1.54, 1.807) is 0 Å². The number of hydrogen-bond donors (Lipinski definition) is 1. The summed E-state index contributed by atoms with van der Waals surface area (Å²) in [5, 5.41) is 3.36. The van der Waals surface area contributed by atoms with Crippen molar-refractivity contribution in [2.45, 2.75) is 64.1 Å². The van der Waals surface area contributed by atoms with E-state index in [1.165, 1.54) is 6.07 Å². The largest absolute Gasteiger partial charge is 0.335 e. The molecule has 132 valence electrons. The van der Waals surface area contributed by atoms with Gasteiger partial charge in [-0.25, -0.2) is 8.78 Å². The molecule has 3 nitrogen and oxygen atoms in total. The van der Waals surface area contributed by atoms with E-state index in [4.69, 9.17) is 0 Å². The lowest BCUT2D eigenvalue weighted by Gasteiger charge is -2.35. The van der Waals surface area contributed by atoms with Gasteiger partial charge in [-0.05, 0) is 57.4 Å². The van der Waals surface area contributed by atoms with Crippen molar-refractivity contribution in [3.63, 3.8) is 0 Å². The Hall–Kier alpha value is -1.49. The summed E-state index contributed by atoms with van der Waals surface area (Å²) in [6, 6.07) is 3.97. The summed E-state index contributed by atoms with van der Waals surface area (Å²) in [5.74, 6) is -0.802. The van der Waals surface area contributed by atoms with E-state index in [0.717, 1.165) is 57.2 Å². The minimum Gasteiger partial charge on any atom is -0.335 e. The third kappa shape index (κ3) is 3.94. The Bertz CT molecular complexity index is 587. The molecule has 0 unspecified atom stereocenters. The molecule has 1 saturated heterocycles. The van der Waals surface area contributed by atoms with Gasteiger partial charge in [0.05, 0.1) is 0 Å². The van der Waals surface area contributed by atoms with Crippen LogP contribution in [-0.4, -0.2) is 29.4 Å². The lowest BCUT2D eigenvalue weighted by molar-refractivity contribution is -0.139. The van der Waals surface area contributed by atoms with Crippen LogP contribution in [0.4, 0.5) is 8.78 Å². The second-order valence-corrected chi connectivity index (χ2v) is 7.22. The minimum atomic E-state index is -0.458. The summed E-state index contributed by atoms with van der Waals surface area (Å²) in [5.41, 5.74) is 0.275. The third-order valence-corrected chi connectivity index (χ3v) is 5.37. The van der Waals surface area contributed by atoms with Gasteiger partial charge in [-0.3, -0.25) is 4.79 Å². The molecule has 1 aromatic carbocycles. The highest BCUT2D eigenvalue weighted by molar-refractivity contribution is 5.79. The predicted molar refractivity (Wildman–Crippen MR) is 89.4 cm³/mol. The Morgan fingerprint density at radius 2 is 2.00 bits per heavy atom. The highest BCUT2D eigenvalue weighted by Gasteiger charge is 2.33. The van der Waals surface area contributed by atoms with Gasteiger partial charge < -0.3 is 10.2 Å². The zero-order chi connectivity index (χ0) is 17.1. The fourth-order valence-electron chi connectivity index (χ4n) is 4.04. The van der Waals surface area contributed by atoms with Crippen LogP contribution in [-0.2, 0) is 11.3 Å². The number of hydrogen-bond acceptors (Lipinski definition) is 2. The zero-order valence-corrected chi connectivity index (χ0v) is 14.2. The average Bonchev–Trinajstić information content (AvgIpc) is 3.09. The maximum atomic E-state index is 14.1. The number of nitrogens with one attached hydrogen (secondary N) is 1. The number of rotatable bonds is 4. The molecular weight excluding hydrogens is 310 g/mol. The Morgan fingerprint density at radius 3 is 2.71 bits per heavy atom. The van der Waals surface area contributed by atoms with Crippen molar-refractivity contribution < 1.29 is 13.6 Å². The Morgan fingerprint density at radius 1 is 1.25 bits per heavy atom. The number of halogens is 2. The smallest absolute Gasteiger partial charge is 0.226 e. The molecule has 1 N–H and O–H groups in total. The van der Waals surface area contributed by atoms with E-state index < -0.39 is 11.6 Å². The van der Waals surface area contributed by atoms with Gasteiger partial charge >= 0.3 is 0 Å². The second-order valence-electron chi connectivity index (χ2n) is 7.22. The van der Waals surface area contributed by atoms with Crippen LogP contribution < -0.4 is 5.32 Å². The molecule has 1 aliphatic heterocycles. The fourth-order valence-corrected chi connectivity index (χ4v) is 4.04. The van der Waals surface area contributed by atoms with Crippen LogP contribution in [0, 0.1) is 17.6 Å². The average molecular weight is 336 g/mol. The van der Waals surface area contributed by atoms with Crippen molar-refractivity contribution in [3.05, 3.63) is 35.4 Å². The number of carbonyl (C=O) groups is 1. The molecule has 2 atom stereocenters. The first-order valence-corrected chi connectivity index (χ1v) is 9.02. The van der Waals surface area contributed by atoms with Gasteiger partial charge in [0.15, 0.2) is 0 Å². The van der Waals surface area contributed by atoms with Crippen LogP contribution in [0.1, 0.15) is 51.0 Å². The lowest BCUT2D eigenvalue weighted by Crippen LogP contribution is -2.47. The molecule has 0 aromatic heterocycles. The van der Waals surface area contributed by atoms with E-state index in [9.17, 15) is 13.6 Å². The molecule has 2 fully saturated rings. The highest BCUT2D eigenvalue weighted by atomic mass is 19.1. The number of benzene rings is 1. The Kier molecular flexibility index (Phi) is 5.49. The summed E-state index contributed by atoms with van der Waals surface area (Å²) in [7, 11) is 0. The highest BCUT2D eigenvalue weighted by Crippen LogP contribution is 2.29. The van der Waals surface area contributed by atoms with Gasteiger partial charge in [-0.1, -0.05) is 12.8 Å². The van der Waals surface area contributed by atoms with Gasteiger partial charge in [-0.2, -0.15) is 0 Å². The monoisotopic (exact) mass is 336 g/mol. The van der Waals surface area contributed by atoms with Gasteiger partial charge in [-0.15, -0.1) is 0 Å². The first kappa shape index (κ1) is 17.3. The van der Waals surface area contributed by atoms with Gasteiger partial charge in [0.2, 0.25) is 5.91 Å². The zero-order valence-electron chi connectivity index (χ0n) is 14.2. The molecule has 24 heavy (non-hydrogen) atoms. The van der Waals surface area contributed by atoms with Crippen molar-refractivity contribution in [1.29, 1.82) is 0 Å². The number of piperidine rings is 1. The van der Waals surface area contributed by atoms with Crippen LogP contribution in [0.2, 0.25) is 0 Å². The van der Waals surface area contributed by atoms with Crippen molar-refractivity contribution in [3.8, 4) is 0 Å². The third-order valence-electron chi connectivity index (χ3n) is 5.37. The maximum Gasteiger partial charge on any atom is 0.226 e. The van der Waals surface area contributed by atoms with Crippen LogP contribution in [0.25, 0.3) is 0 Å². The van der Waals surface area contributed by atoms with Crippen LogP contribution >= 0.6 is 0 Å². The molecule has 1 heterocycles. The summed E-state index contributed by atoms with van der Waals surface area (Å²) in [6.45, 7) is 3.10. The normalized spacial score (nSPS) is 25.0. The molecule has 1 saturated carbocycles. The van der Waals surface area contributed by atoms with Gasteiger partial charge in [0.1, 0.15) is 11.6 Å². The van der Waals surface area contributed by atoms with Crippen LogP contribution in [0.15, 0.2) is 18.2 Å². The van der Waals surface area contributed by atoms with E-state index in [-0.39, 0.29) is 30.0 Å². The van der Waals surface area contributed by atoms with Gasteiger partial charge in [0, 0.05) is 30.1 Å². The molecule has 0 radical (unpaired) electrons. The summed E-state index contributed by atoms with van der Waals surface area (Å²) in [6.07, 6.45) is 5.75. The lowest BCUT2D eigenvalue weighted by atomic mass is 9.91. The molecule has 0 bridgehead atoms. The first-order chi connectivity index (χ1) is 11.5. The second kappa shape index (κ2) is 7.60. The van der Waals surface area contributed by atoms with Crippen molar-refractivity contribution in [1.82, 2.24) is 10.2 Å². The van der Waals surface area contributed by atoms with E-state index in [2.05, 4.69) is 12.2 Å². The minimum absolute atomic E-state index is 0.0153. The molecule has 5 heteroatoms. The molecule has 2 aliphatic rings. The molecule has 1 amide bonds. The van der Waals surface area contributed by atoms with Crippen LogP contribution in [0.3, 0.4) is 0 Å². The first-order valence-electron chi connectivity index (χ1n) is 9.02. The summed E-state index contributed by atoms with van der Waals surface area (Å²) < 4.78 is 27.6. The predicted octanol–water partition coefficient (Wildman–Crippen LogP) is 3.62. The Labute approximate surface area is 142 Å². The number of amides is 1. The fraction of sp³-hybridized carbons (Fsp3) is 0.632. The van der Waals surface area contributed by atoms with Gasteiger partial charge in [0.25, 0.3) is 0 Å². The van der Waals surface area contributed by atoms with Crippen molar-refractivity contribution in [2.75, 3.05) is 6.54 Å². The molecule has 3 rings (SSSR count). The molecular formula is C19H26F2N2O. The maximum absolute atomic E-state index is 14.1. The van der Waals surface area contributed by atoms with Crippen molar-refractivity contribution >= 4 is 5.91 Å².